The second kappa shape index (κ2) is 6.92. The number of carbonyl (C=O) groups excluding carboxylic acids is 1. The number of fused-ring (bicyclic) bond motifs is 2. The van der Waals surface area contributed by atoms with Crippen LogP contribution in [0.4, 0.5) is 11.4 Å². The Morgan fingerprint density at radius 3 is 2.55 bits per heavy atom. The summed E-state index contributed by atoms with van der Waals surface area (Å²) in [4.78, 5) is 33.1. The van der Waals surface area contributed by atoms with Gasteiger partial charge < -0.3 is 13.9 Å². The quantitative estimate of drug-likeness (QED) is 0.390. The third-order valence-electron chi connectivity index (χ3n) is 4.02. The lowest BCUT2D eigenvalue weighted by molar-refractivity contribution is -0.385. The molecule has 0 radical (unpaired) electrons. The number of rotatable bonds is 5. The van der Waals surface area contributed by atoms with Gasteiger partial charge in [-0.25, -0.2) is 5.43 Å². The van der Waals surface area contributed by atoms with Crippen LogP contribution >= 0.6 is 0 Å². The minimum absolute atomic E-state index is 0.0476. The van der Waals surface area contributed by atoms with E-state index in [1.165, 1.54) is 36.4 Å². The summed E-state index contributed by atoms with van der Waals surface area (Å²) in [5.41, 5.74) is 2.16. The first-order chi connectivity index (χ1) is 13.9. The molecule has 12 nitrogen and oxygen atoms in total. The molecule has 0 spiro atoms. The highest BCUT2D eigenvalue weighted by Crippen LogP contribution is 2.37. The minimum atomic E-state index is -0.733. The van der Waals surface area contributed by atoms with Gasteiger partial charge in [0.2, 0.25) is 6.79 Å². The molecule has 3 aromatic rings. The average molecular weight is 398 g/mol. The van der Waals surface area contributed by atoms with Crippen LogP contribution in [0.1, 0.15) is 16.1 Å². The number of amides is 1. The second-order valence-electron chi connectivity index (χ2n) is 5.81. The van der Waals surface area contributed by atoms with Crippen molar-refractivity contribution in [3.05, 3.63) is 68.0 Å². The third kappa shape index (κ3) is 3.41. The molecule has 0 aliphatic carbocycles. The average Bonchev–Trinajstić information content (AvgIpc) is 3.32. The number of ether oxygens (including phenoxy) is 2. The molecule has 0 fully saturated rings. The van der Waals surface area contributed by atoms with Gasteiger partial charge in [-0.05, 0) is 18.2 Å². The molecular weight excluding hydrogens is 388 g/mol. The zero-order chi connectivity index (χ0) is 20.5. The summed E-state index contributed by atoms with van der Waals surface area (Å²) in [6.07, 6.45) is 1.09. The van der Waals surface area contributed by atoms with Gasteiger partial charge in [-0.15, -0.1) is 0 Å². The largest absolute Gasteiger partial charge is 0.454 e. The Labute approximate surface area is 160 Å². The smallest absolute Gasteiger partial charge is 0.307 e. The van der Waals surface area contributed by atoms with Crippen LogP contribution < -0.4 is 14.9 Å². The first kappa shape index (κ1) is 17.9. The second-order valence-corrected chi connectivity index (χ2v) is 5.81. The lowest BCUT2D eigenvalue weighted by Crippen LogP contribution is -2.16. The van der Waals surface area contributed by atoms with Crippen LogP contribution in [0.25, 0.3) is 11.0 Å². The van der Waals surface area contributed by atoms with Crippen molar-refractivity contribution in [1.29, 1.82) is 0 Å². The summed E-state index contributed by atoms with van der Waals surface area (Å²) in [6, 6.07) is 7.81. The van der Waals surface area contributed by atoms with E-state index in [0.29, 0.717) is 11.1 Å². The van der Waals surface area contributed by atoms with Gasteiger partial charge in [0.15, 0.2) is 17.3 Å². The van der Waals surface area contributed by atoms with E-state index in [1.54, 1.807) is 0 Å². The highest BCUT2D eigenvalue weighted by molar-refractivity contribution is 5.97. The first-order valence-corrected chi connectivity index (χ1v) is 8.02. The summed E-state index contributed by atoms with van der Waals surface area (Å²) >= 11 is 0. The number of nitro benzene ring substituents is 2. The van der Waals surface area contributed by atoms with E-state index in [4.69, 9.17) is 13.9 Å². The molecular formula is C17H10N4O8. The zero-order valence-electron chi connectivity index (χ0n) is 14.4. The number of hydrogen-bond acceptors (Lipinski definition) is 9. The number of nitrogens with zero attached hydrogens (tertiary/aromatic N) is 3. The fourth-order valence-electron chi connectivity index (χ4n) is 2.68. The Hall–Kier alpha value is -4.48. The topological polar surface area (TPSA) is 159 Å². The number of hydrazone groups is 1. The molecule has 0 bridgehead atoms. The Morgan fingerprint density at radius 1 is 1.07 bits per heavy atom. The third-order valence-corrected chi connectivity index (χ3v) is 4.02. The summed E-state index contributed by atoms with van der Waals surface area (Å²) in [7, 11) is 0. The molecule has 2 heterocycles. The normalized spacial score (nSPS) is 12.4. The number of carbonyl (C=O) groups is 1. The summed E-state index contributed by atoms with van der Waals surface area (Å²) in [6.45, 7) is -0.0476. The highest BCUT2D eigenvalue weighted by Gasteiger charge is 2.22. The molecule has 1 N–H and O–H groups in total. The lowest BCUT2D eigenvalue weighted by atomic mass is 10.1. The van der Waals surface area contributed by atoms with Gasteiger partial charge >= 0.3 is 5.91 Å². The van der Waals surface area contributed by atoms with Crippen molar-refractivity contribution in [2.24, 2.45) is 5.10 Å². The molecule has 0 unspecified atom stereocenters. The van der Waals surface area contributed by atoms with Crippen molar-refractivity contribution in [2.45, 2.75) is 0 Å². The fourth-order valence-corrected chi connectivity index (χ4v) is 2.68. The van der Waals surface area contributed by atoms with E-state index < -0.39 is 15.8 Å². The summed E-state index contributed by atoms with van der Waals surface area (Å²) in [5.74, 6) is -0.294. The van der Waals surface area contributed by atoms with Crippen molar-refractivity contribution in [3.63, 3.8) is 0 Å². The molecule has 12 heteroatoms. The predicted octanol–water partition coefficient (Wildman–Crippen LogP) is 2.74. The number of non-ortho nitro benzene ring substituents is 1. The van der Waals surface area contributed by atoms with Gasteiger partial charge in [0, 0.05) is 17.5 Å². The Kier molecular flexibility index (Phi) is 4.27. The van der Waals surface area contributed by atoms with Crippen LogP contribution in [0.5, 0.6) is 11.5 Å². The molecule has 146 valence electrons. The van der Waals surface area contributed by atoms with Crippen LogP contribution in [0.15, 0.2) is 45.9 Å². The van der Waals surface area contributed by atoms with Crippen molar-refractivity contribution >= 4 is 34.5 Å². The van der Waals surface area contributed by atoms with Crippen molar-refractivity contribution in [3.8, 4) is 11.5 Å². The number of nitrogens with one attached hydrogen (secondary N) is 1. The fraction of sp³-hybridized carbons (Fsp3) is 0.0588. The van der Waals surface area contributed by atoms with Crippen molar-refractivity contribution in [2.75, 3.05) is 6.79 Å². The van der Waals surface area contributed by atoms with Gasteiger partial charge in [-0.2, -0.15) is 5.10 Å². The number of hydrogen-bond donors (Lipinski definition) is 1. The standard InChI is InChI=1S/C17H10N4O8/c22-17(16-4-9-3-11(20(23)24)1-2-13(9)29-16)19-18-7-10-5-14-15(28-8-27-14)6-12(10)21(25)26/h1-7H,8H2,(H,19,22)/b18-7+. The van der Waals surface area contributed by atoms with E-state index >= 15 is 0 Å². The lowest BCUT2D eigenvalue weighted by Gasteiger charge is -2.00. The maximum Gasteiger partial charge on any atom is 0.307 e. The van der Waals surface area contributed by atoms with E-state index in [1.807, 2.05) is 0 Å². The maximum atomic E-state index is 12.2. The van der Waals surface area contributed by atoms with Crippen molar-refractivity contribution in [1.82, 2.24) is 5.43 Å². The van der Waals surface area contributed by atoms with E-state index in [-0.39, 0.29) is 40.8 Å². The Balaban J connectivity index is 1.54. The molecule has 29 heavy (non-hydrogen) atoms. The molecule has 2 aromatic carbocycles. The highest BCUT2D eigenvalue weighted by atomic mass is 16.7. The van der Waals surface area contributed by atoms with E-state index in [2.05, 4.69) is 10.5 Å². The van der Waals surface area contributed by atoms with Gasteiger partial charge in [0.25, 0.3) is 11.4 Å². The van der Waals surface area contributed by atoms with Gasteiger partial charge in [-0.1, -0.05) is 0 Å². The summed E-state index contributed by atoms with van der Waals surface area (Å²) in [5, 5.41) is 26.1. The number of nitro groups is 2. The maximum absolute atomic E-state index is 12.2. The van der Waals surface area contributed by atoms with Crippen molar-refractivity contribution < 1.29 is 28.5 Å². The SMILES string of the molecule is O=C(N/N=C/c1cc2c(cc1[N+](=O)[O-])OCO2)c1cc2cc([N+](=O)[O-])ccc2o1. The van der Waals surface area contributed by atoms with E-state index in [9.17, 15) is 25.0 Å². The van der Waals surface area contributed by atoms with E-state index in [0.717, 1.165) is 6.21 Å². The molecule has 1 amide bonds. The number of benzene rings is 2. The Morgan fingerprint density at radius 2 is 1.83 bits per heavy atom. The van der Waals surface area contributed by atoms with Crippen LogP contribution in [-0.2, 0) is 0 Å². The molecule has 1 aromatic heterocycles. The van der Waals surface area contributed by atoms with Gasteiger partial charge in [0.05, 0.1) is 27.7 Å². The molecule has 0 saturated carbocycles. The number of furan rings is 1. The Bertz CT molecular complexity index is 1200. The van der Waals surface area contributed by atoms with Crippen LogP contribution in [0.3, 0.4) is 0 Å². The molecule has 1 aliphatic heterocycles. The van der Waals surface area contributed by atoms with Gasteiger partial charge in [-0.3, -0.25) is 25.0 Å². The molecule has 0 atom stereocenters. The summed E-state index contributed by atoms with van der Waals surface area (Å²) < 4.78 is 15.6. The van der Waals surface area contributed by atoms with Crippen LogP contribution in [-0.4, -0.2) is 28.8 Å². The zero-order valence-corrected chi connectivity index (χ0v) is 14.4. The monoisotopic (exact) mass is 398 g/mol. The molecule has 1 aliphatic rings. The first-order valence-electron chi connectivity index (χ1n) is 8.02. The minimum Gasteiger partial charge on any atom is -0.454 e. The van der Waals surface area contributed by atoms with Gasteiger partial charge in [0.1, 0.15) is 5.58 Å². The molecule has 0 saturated heterocycles. The van der Waals surface area contributed by atoms with Crippen LogP contribution in [0, 0.1) is 20.2 Å². The predicted molar refractivity (Wildman–Crippen MR) is 97.1 cm³/mol. The molecule has 4 rings (SSSR count). The van der Waals surface area contributed by atoms with Crippen LogP contribution in [0.2, 0.25) is 0 Å².